The van der Waals surface area contributed by atoms with Gasteiger partial charge in [-0.3, -0.25) is 9.59 Å². The lowest BCUT2D eigenvalue weighted by molar-refractivity contribution is -0.122. The van der Waals surface area contributed by atoms with Gasteiger partial charge < -0.3 is 19.9 Å². The van der Waals surface area contributed by atoms with E-state index in [0.29, 0.717) is 37.6 Å². The maximum Gasteiger partial charge on any atom is 0.243 e. The highest BCUT2D eigenvalue weighted by molar-refractivity contribution is 7.89. The predicted octanol–water partition coefficient (Wildman–Crippen LogP) is 3.34. The third-order valence-electron chi connectivity index (χ3n) is 7.06. The van der Waals surface area contributed by atoms with E-state index in [0.717, 1.165) is 11.4 Å². The van der Waals surface area contributed by atoms with Gasteiger partial charge in [0.2, 0.25) is 21.8 Å². The molecule has 1 atom stereocenters. The van der Waals surface area contributed by atoms with Crippen molar-refractivity contribution >= 4 is 38.9 Å². The van der Waals surface area contributed by atoms with Crippen LogP contribution in [-0.2, 0) is 19.6 Å². The van der Waals surface area contributed by atoms with Gasteiger partial charge in [0.25, 0.3) is 0 Å². The second kappa shape index (κ2) is 11.0. The highest BCUT2D eigenvalue weighted by atomic mass is 32.2. The number of ether oxygens (including phenoxy) is 1. The van der Waals surface area contributed by atoms with Gasteiger partial charge in [-0.2, -0.15) is 4.31 Å². The quantitative estimate of drug-likeness (QED) is 0.483. The molecule has 2 fully saturated rings. The Morgan fingerprint density at radius 1 is 0.949 bits per heavy atom. The van der Waals surface area contributed by atoms with Crippen LogP contribution in [0.4, 0.5) is 21.5 Å². The van der Waals surface area contributed by atoms with Gasteiger partial charge in [0, 0.05) is 50.5 Å². The molecule has 0 radical (unpaired) electrons. The summed E-state index contributed by atoms with van der Waals surface area (Å²) in [5.74, 6) is -0.785. The van der Waals surface area contributed by atoms with E-state index < -0.39 is 21.8 Å². The van der Waals surface area contributed by atoms with Crippen molar-refractivity contribution in [3.8, 4) is 5.75 Å². The number of hydrogen-bond donors (Lipinski definition) is 1. The summed E-state index contributed by atoms with van der Waals surface area (Å²) in [4.78, 5) is 29.0. The lowest BCUT2D eigenvalue weighted by atomic mass is 10.1. The number of halogens is 1. The van der Waals surface area contributed by atoms with Crippen molar-refractivity contribution < 1.29 is 27.1 Å². The number of piperazine rings is 1. The van der Waals surface area contributed by atoms with Crippen molar-refractivity contribution in [3.05, 3.63) is 78.6 Å². The van der Waals surface area contributed by atoms with Crippen LogP contribution in [0.3, 0.4) is 0 Å². The first-order valence-electron chi connectivity index (χ1n) is 12.6. The first kappa shape index (κ1) is 26.6. The van der Waals surface area contributed by atoms with Gasteiger partial charge in [0.15, 0.2) is 0 Å². The molecule has 0 bridgehead atoms. The van der Waals surface area contributed by atoms with Crippen molar-refractivity contribution in [2.75, 3.05) is 55.0 Å². The van der Waals surface area contributed by atoms with E-state index in [1.165, 1.54) is 45.6 Å². The van der Waals surface area contributed by atoms with Crippen LogP contribution in [0, 0.1) is 11.7 Å². The van der Waals surface area contributed by atoms with E-state index >= 15 is 0 Å². The molecule has 0 aromatic heterocycles. The van der Waals surface area contributed by atoms with Crippen LogP contribution in [-0.4, -0.2) is 64.4 Å². The highest BCUT2D eigenvalue weighted by Crippen LogP contribution is 2.30. The largest absolute Gasteiger partial charge is 0.495 e. The Morgan fingerprint density at radius 3 is 2.28 bits per heavy atom. The molecule has 3 aromatic rings. The number of anilines is 3. The minimum atomic E-state index is -3.71. The van der Waals surface area contributed by atoms with Crippen LogP contribution >= 0.6 is 0 Å². The molecule has 0 aliphatic carbocycles. The topological polar surface area (TPSA) is 99.3 Å². The van der Waals surface area contributed by atoms with E-state index in [1.807, 2.05) is 24.3 Å². The fourth-order valence-corrected chi connectivity index (χ4v) is 6.34. The second-order valence-electron chi connectivity index (χ2n) is 9.46. The van der Waals surface area contributed by atoms with Crippen molar-refractivity contribution in [3.63, 3.8) is 0 Å². The van der Waals surface area contributed by atoms with Crippen LogP contribution < -0.4 is 19.9 Å². The number of methoxy groups -OCH3 is 1. The Balaban J connectivity index is 1.19. The van der Waals surface area contributed by atoms with Crippen molar-refractivity contribution in [1.29, 1.82) is 0 Å². The summed E-state index contributed by atoms with van der Waals surface area (Å²) in [7, 11) is -2.10. The number of nitrogens with zero attached hydrogens (tertiary/aromatic N) is 3. The molecular formula is C28H29FN4O5S. The van der Waals surface area contributed by atoms with Crippen molar-refractivity contribution in [1.82, 2.24) is 4.31 Å². The van der Waals surface area contributed by atoms with Crippen molar-refractivity contribution in [2.45, 2.75) is 11.3 Å². The molecule has 2 aliphatic heterocycles. The minimum Gasteiger partial charge on any atom is -0.495 e. The van der Waals surface area contributed by atoms with Gasteiger partial charge in [-0.15, -0.1) is 0 Å². The van der Waals surface area contributed by atoms with Gasteiger partial charge in [0.05, 0.1) is 23.6 Å². The molecule has 0 saturated carbocycles. The summed E-state index contributed by atoms with van der Waals surface area (Å²) < 4.78 is 46.6. The number of sulfonamides is 1. The first-order chi connectivity index (χ1) is 18.8. The van der Waals surface area contributed by atoms with Crippen LogP contribution in [0.15, 0.2) is 77.7 Å². The van der Waals surface area contributed by atoms with Crippen LogP contribution in [0.2, 0.25) is 0 Å². The zero-order chi connectivity index (χ0) is 27.6. The number of amides is 2. The van der Waals surface area contributed by atoms with Gasteiger partial charge in [0.1, 0.15) is 11.6 Å². The Kier molecular flexibility index (Phi) is 7.53. The zero-order valence-electron chi connectivity index (χ0n) is 21.4. The van der Waals surface area contributed by atoms with Crippen LogP contribution in [0.5, 0.6) is 5.75 Å². The third-order valence-corrected chi connectivity index (χ3v) is 8.97. The molecule has 1 N–H and O–H groups in total. The molecule has 3 aromatic carbocycles. The average Bonchev–Trinajstić information content (AvgIpc) is 3.35. The Labute approximate surface area is 226 Å². The molecule has 11 heteroatoms. The van der Waals surface area contributed by atoms with E-state index in [2.05, 4.69) is 10.2 Å². The Hall–Kier alpha value is -3.96. The standard InChI is InChI=1S/C28H29FN4O5S/c1-38-26-5-3-2-4-25(26)31-14-16-32(17-15-31)39(36,37)24-12-8-22(9-13-24)30-28(35)20-18-27(34)33(19-20)23-10-6-21(29)7-11-23/h2-13,20H,14-19H2,1H3,(H,30,35). The van der Waals surface area contributed by atoms with E-state index in [1.54, 1.807) is 19.2 Å². The SMILES string of the molecule is COc1ccccc1N1CCN(S(=O)(=O)c2ccc(NC(=O)C3CC(=O)N(c4ccc(F)cc4)C3)cc2)CC1. The molecular weight excluding hydrogens is 523 g/mol. The molecule has 2 saturated heterocycles. The summed E-state index contributed by atoms with van der Waals surface area (Å²) in [6.45, 7) is 1.91. The monoisotopic (exact) mass is 552 g/mol. The zero-order valence-corrected chi connectivity index (χ0v) is 22.2. The van der Waals surface area contributed by atoms with E-state index in [4.69, 9.17) is 4.74 Å². The highest BCUT2D eigenvalue weighted by Gasteiger charge is 2.35. The summed E-state index contributed by atoms with van der Waals surface area (Å²) in [5.41, 5.74) is 1.91. The average molecular weight is 553 g/mol. The second-order valence-corrected chi connectivity index (χ2v) is 11.4. The van der Waals surface area contributed by atoms with Gasteiger partial charge in [-0.25, -0.2) is 12.8 Å². The fraction of sp³-hybridized carbons (Fsp3) is 0.286. The summed E-state index contributed by atoms with van der Waals surface area (Å²) in [6.07, 6.45) is 0.0382. The summed E-state index contributed by atoms with van der Waals surface area (Å²) >= 11 is 0. The number of hydrogen-bond acceptors (Lipinski definition) is 6. The summed E-state index contributed by atoms with van der Waals surface area (Å²) in [6, 6.07) is 19.2. The first-order valence-corrected chi connectivity index (χ1v) is 14.1. The van der Waals surface area contributed by atoms with Crippen molar-refractivity contribution in [2.24, 2.45) is 5.92 Å². The van der Waals surface area contributed by atoms with E-state index in [-0.39, 0.29) is 29.7 Å². The third kappa shape index (κ3) is 5.59. The number of carbonyl (C=O) groups is 2. The lowest BCUT2D eigenvalue weighted by Crippen LogP contribution is -2.48. The molecule has 2 aliphatic rings. The van der Waals surface area contributed by atoms with E-state index in [9.17, 15) is 22.4 Å². The molecule has 5 rings (SSSR count). The Bertz CT molecular complexity index is 1460. The molecule has 204 valence electrons. The number of rotatable bonds is 7. The maximum absolute atomic E-state index is 13.3. The molecule has 1 unspecified atom stereocenters. The molecule has 0 spiro atoms. The number of para-hydroxylation sites is 2. The van der Waals surface area contributed by atoms with Gasteiger partial charge >= 0.3 is 0 Å². The summed E-state index contributed by atoms with van der Waals surface area (Å²) in [5, 5.41) is 2.77. The molecule has 9 nitrogen and oxygen atoms in total. The minimum absolute atomic E-state index is 0.0382. The molecule has 39 heavy (non-hydrogen) atoms. The molecule has 2 heterocycles. The number of nitrogens with one attached hydrogen (secondary N) is 1. The number of carbonyl (C=O) groups excluding carboxylic acids is 2. The molecule has 2 amide bonds. The van der Waals surface area contributed by atoms with Gasteiger partial charge in [-0.05, 0) is 60.7 Å². The number of benzene rings is 3. The maximum atomic E-state index is 13.3. The fourth-order valence-electron chi connectivity index (χ4n) is 4.92. The smallest absolute Gasteiger partial charge is 0.243 e. The normalized spacial score (nSPS) is 18.3. The van der Waals surface area contributed by atoms with Crippen LogP contribution in [0.25, 0.3) is 0 Å². The van der Waals surface area contributed by atoms with Gasteiger partial charge in [-0.1, -0.05) is 12.1 Å². The lowest BCUT2D eigenvalue weighted by Gasteiger charge is -2.35. The predicted molar refractivity (Wildman–Crippen MR) is 146 cm³/mol. The van der Waals surface area contributed by atoms with Crippen LogP contribution in [0.1, 0.15) is 6.42 Å². The Morgan fingerprint density at radius 2 is 1.62 bits per heavy atom.